The van der Waals surface area contributed by atoms with Crippen LogP contribution < -0.4 is 0 Å². The van der Waals surface area contributed by atoms with Crippen LogP contribution in [-0.2, 0) is 0 Å². The van der Waals surface area contributed by atoms with Gasteiger partial charge < -0.3 is 5.11 Å². The highest BCUT2D eigenvalue weighted by Gasteiger charge is 2.06. The predicted octanol–water partition coefficient (Wildman–Crippen LogP) is 1.26. The lowest BCUT2D eigenvalue weighted by Gasteiger charge is -1.94. The van der Waals surface area contributed by atoms with Crippen LogP contribution in [0, 0.1) is 11.3 Å². The molecule has 0 radical (unpaired) electrons. The molecular weight excluding hydrogens is 143 g/mol. The zero-order valence-electron chi connectivity index (χ0n) is 5.61. The van der Waals surface area contributed by atoms with Gasteiger partial charge in [-0.15, -0.1) is 0 Å². The molecule has 54 valence electrons. The third kappa shape index (κ3) is 1.36. The molecule has 0 aromatic heterocycles. The third-order valence-corrected chi connectivity index (χ3v) is 1.28. The molecule has 0 fully saturated rings. The van der Waals surface area contributed by atoms with E-state index >= 15 is 0 Å². The van der Waals surface area contributed by atoms with E-state index < -0.39 is 5.97 Å². The van der Waals surface area contributed by atoms with Gasteiger partial charge in [0.15, 0.2) is 0 Å². The zero-order valence-corrected chi connectivity index (χ0v) is 5.61. The fourth-order valence-electron chi connectivity index (χ4n) is 0.767. The Morgan fingerprint density at radius 3 is 2.55 bits per heavy atom. The van der Waals surface area contributed by atoms with Gasteiger partial charge in [0.2, 0.25) is 0 Å². The van der Waals surface area contributed by atoms with Gasteiger partial charge in [0.25, 0.3) is 0 Å². The zero-order chi connectivity index (χ0) is 8.27. The molecule has 0 saturated heterocycles. The maximum absolute atomic E-state index is 10.4. The van der Waals surface area contributed by atoms with Crippen LogP contribution in [0.15, 0.2) is 24.3 Å². The Balaban J connectivity index is 3.26. The van der Waals surface area contributed by atoms with E-state index in [1.807, 2.05) is 0 Å². The van der Waals surface area contributed by atoms with Crippen LogP contribution in [0.5, 0.6) is 0 Å². The van der Waals surface area contributed by atoms with E-state index in [1.165, 1.54) is 12.1 Å². The second-order valence-electron chi connectivity index (χ2n) is 1.96. The van der Waals surface area contributed by atoms with E-state index in [-0.39, 0.29) is 11.1 Å². The summed E-state index contributed by atoms with van der Waals surface area (Å²) >= 11 is 0. The summed E-state index contributed by atoms with van der Waals surface area (Å²) in [5.41, 5.74) is 0.245. The van der Waals surface area contributed by atoms with Crippen LogP contribution in [0.1, 0.15) is 15.9 Å². The van der Waals surface area contributed by atoms with Gasteiger partial charge in [0.05, 0.1) is 11.1 Å². The fourth-order valence-corrected chi connectivity index (χ4v) is 0.767. The summed E-state index contributed by atoms with van der Waals surface area (Å²) in [6.07, 6.45) is 0. The molecule has 0 saturated carbocycles. The molecule has 11 heavy (non-hydrogen) atoms. The summed E-state index contributed by atoms with van der Waals surface area (Å²) in [6.45, 7) is 0. The standard InChI is InChI=1S/C8H5NO2/c9-5-6-3-1-2-4-7(6)8(10)11/h1-4H,(H,10,11)/i8+1. The number of benzene rings is 1. The fraction of sp³-hybridized carbons (Fsp3) is 0. The van der Waals surface area contributed by atoms with Gasteiger partial charge in [-0.05, 0) is 12.1 Å². The highest BCUT2D eigenvalue weighted by atomic mass is 16.5. The van der Waals surface area contributed by atoms with Gasteiger partial charge in [-0.1, -0.05) is 12.1 Å². The van der Waals surface area contributed by atoms with Crippen LogP contribution in [0.4, 0.5) is 0 Å². The SMILES string of the molecule is N#Cc1ccccc1[13C](=O)O. The van der Waals surface area contributed by atoms with Crippen molar-refractivity contribution in [2.75, 3.05) is 0 Å². The van der Waals surface area contributed by atoms with Crippen LogP contribution in [0.25, 0.3) is 0 Å². The van der Waals surface area contributed by atoms with Gasteiger partial charge >= 0.3 is 5.97 Å². The molecule has 0 atom stereocenters. The van der Waals surface area contributed by atoms with Crippen LogP contribution >= 0.6 is 0 Å². The summed E-state index contributed by atoms with van der Waals surface area (Å²) < 4.78 is 0. The number of nitrogens with zero attached hydrogens (tertiary/aromatic N) is 1. The van der Waals surface area contributed by atoms with Gasteiger partial charge in [0, 0.05) is 0 Å². The minimum atomic E-state index is -1.07. The van der Waals surface area contributed by atoms with E-state index in [0.717, 1.165) is 0 Å². The second-order valence-corrected chi connectivity index (χ2v) is 1.96. The Morgan fingerprint density at radius 1 is 1.45 bits per heavy atom. The molecule has 0 aliphatic carbocycles. The lowest BCUT2D eigenvalue weighted by atomic mass is 10.2. The predicted molar refractivity (Wildman–Crippen MR) is 38.1 cm³/mol. The van der Waals surface area contributed by atoms with E-state index in [2.05, 4.69) is 0 Å². The van der Waals surface area contributed by atoms with Crippen molar-refractivity contribution < 1.29 is 9.90 Å². The highest BCUT2D eigenvalue weighted by molar-refractivity contribution is 5.90. The average Bonchev–Trinajstić information content (AvgIpc) is 2.04. The van der Waals surface area contributed by atoms with Crippen molar-refractivity contribution in [1.82, 2.24) is 0 Å². The smallest absolute Gasteiger partial charge is 0.337 e. The molecule has 0 bridgehead atoms. The molecule has 0 unspecified atom stereocenters. The van der Waals surface area contributed by atoms with Crippen LogP contribution in [0.3, 0.4) is 0 Å². The number of rotatable bonds is 1. The number of carbonyl (C=O) groups is 1. The molecule has 0 aliphatic heterocycles. The lowest BCUT2D eigenvalue weighted by Crippen LogP contribution is -1.98. The first-order valence-electron chi connectivity index (χ1n) is 2.98. The molecule has 1 rings (SSSR count). The Morgan fingerprint density at radius 2 is 2.09 bits per heavy atom. The summed E-state index contributed by atoms with van der Waals surface area (Å²) in [4.78, 5) is 10.4. The van der Waals surface area contributed by atoms with E-state index in [0.29, 0.717) is 0 Å². The molecule has 3 heteroatoms. The average molecular weight is 148 g/mol. The van der Waals surface area contributed by atoms with E-state index in [4.69, 9.17) is 10.4 Å². The first kappa shape index (κ1) is 7.29. The number of nitriles is 1. The Kier molecular flexibility index (Phi) is 1.88. The first-order chi connectivity index (χ1) is 5.25. The van der Waals surface area contributed by atoms with Gasteiger partial charge in [-0.2, -0.15) is 5.26 Å². The largest absolute Gasteiger partial charge is 0.478 e. The van der Waals surface area contributed by atoms with Gasteiger partial charge in [-0.25, -0.2) is 4.79 Å². The first-order valence-corrected chi connectivity index (χ1v) is 2.98. The quantitative estimate of drug-likeness (QED) is 0.610. The molecule has 1 N–H and O–H groups in total. The van der Waals surface area contributed by atoms with Crippen LogP contribution in [-0.4, -0.2) is 11.1 Å². The molecule has 0 amide bonds. The minimum Gasteiger partial charge on any atom is -0.478 e. The van der Waals surface area contributed by atoms with Crippen molar-refractivity contribution in [2.24, 2.45) is 0 Å². The number of carboxylic acid groups (broad SMARTS) is 1. The number of carboxylic acids is 1. The van der Waals surface area contributed by atoms with E-state index in [9.17, 15) is 4.79 Å². The lowest BCUT2D eigenvalue weighted by molar-refractivity contribution is 0.0696. The molecule has 1 aromatic carbocycles. The molecule has 0 spiro atoms. The van der Waals surface area contributed by atoms with Crippen molar-refractivity contribution in [3.05, 3.63) is 35.4 Å². The van der Waals surface area contributed by atoms with Crippen molar-refractivity contribution in [3.63, 3.8) is 0 Å². The summed E-state index contributed by atoms with van der Waals surface area (Å²) in [7, 11) is 0. The van der Waals surface area contributed by atoms with Gasteiger partial charge in [0.1, 0.15) is 6.07 Å². The monoisotopic (exact) mass is 148 g/mol. The van der Waals surface area contributed by atoms with Crippen molar-refractivity contribution in [2.45, 2.75) is 0 Å². The maximum Gasteiger partial charge on any atom is 0.337 e. The Hall–Kier alpha value is -1.82. The second kappa shape index (κ2) is 2.84. The normalized spacial score (nSPS) is 8.64. The molecule has 0 aliphatic rings. The summed E-state index contributed by atoms with van der Waals surface area (Å²) in [6, 6.07) is 7.89. The number of aromatic carboxylic acids is 1. The summed E-state index contributed by atoms with van der Waals surface area (Å²) in [5, 5.41) is 17.0. The maximum atomic E-state index is 10.4. The summed E-state index contributed by atoms with van der Waals surface area (Å²) in [5.74, 6) is -1.07. The van der Waals surface area contributed by atoms with E-state index in [1.54, 1.807) is 18.2 Å². The van der Waals surface area contributed by atoms with Crippen molar-refractivity contribution in [1.29, 1.82) is 5.26 Å². The third-order valence-electron chi connectivity index (χ3n) is 1.28. The minimum absolute atomic E-state index is 0.0509. The molecular formula is C8H5NO2. The number of hydrogen-bond acceptors (Lipinski definition) is 2. The molecule has 3 nitrogen and oxygen atoms in total. The highest BCUT2D eigenvalue weighted by Crippen LogP contribution is 2.05. The topological polar surface area (TPSA) is 61.1 Å². The molecule has 1 aromatic rings. The van der Waals surface area contributed by atoms with Gasteiger partial charge in [-0.3, -0.25) is 0 Å². The van der Waals surface area contributed by atoms with Crippen molar-refractivity contribution in [3.8, 4) is 6.07 Å². The molecule has 0 heterocycles. The Bertz CT molecular complexity index is 325. The number of hydrogen-bond donors (Lipinski definition) is 1. The van der Waals surface area contributed by atoms with Crippen LogP contribution in [0.2, 0.25) is 0 Å². The van der Waals surface area contributed by atoms with Crippen molar-refractivity contribution >= 4 is 5.97 Å². The Labute approximate surface area is 63.5 Å².